The number of hydrogen-bond acceptors (Lipinski definition) is 5. The maximum atomic E-state index is 13.6. The van der Waals surface area contributed by atoms with E-state index in [2.05, 4.69) is 4.90 Å². The Balaban J connectivity index is 1.30. The van der Waals surface area contributed by atoms with Crippen molar-refractivity contribution in [3.63, 3.8) is 0 Å². The first-order valence-corrected chi connectivity index (χ1v) is 12.8. The highest BCUT2D eigenvalue weighted by atomic mass is 19.1. The zero-order chi connectivity index (χ0) is 27.1. The monoisotopic (exact) mass is 525 g/mol. The van der Waals surface area contributed by atoms with E-state index in [0.29, 0.717) is 24.0 Å². The van der Waals surface area contributed by atoms with Gasteiger partial charge in [-0.2, -0.15) is 0 Å². The van der Waals surface area contributed by atoms with Crippen LogP contribution in [0.5, 0.6) is 11.5 Å². The molecule has 1 fully saturated rings. The molecule has 0 bridgehead atoms. The Labute approximate surface area is 221 Å². The van der Waals surface area contributed by atoms with Gasteiger partial charge in [-0.15, -0.1) is 0 Å². The summed E-state index contributed by atoms with van der Waals surface area (Å²) in [6, 6.07) is 17.8. The summed E-state index contributed by atoms with van der Waals surface area (Å²) >= 11 is 0. The SMILES string of the molecule is COc1cc(C(O)C(=O)O)ccc1OCCCN1CCC(C(c2ccc(F)cc2)c2ccc(F)cc2)CC1. The van der Waals surface area contributed by atoms with E-state index in [1.807, 2.05) is 24.3 Å². The number of ether oxygens (including phenoxy) is 2. The van der Waals surface area contributed by atoms with Gasteiger partial charge in [-0.25, -0.2) is 13.6 Å². The van der Waals surface area contributed by atoms with Gasteiger partial charge in [-0.05, 0) is 91.4 Å². The quantitative estimate of drug-likeness (QED) is 0.326. The molecule has 1 saturated heterocycles. The molecule has 6 nitrogen and oxygen atoms in total. The Bertz CT molecular complexity index is 1150. The summed E-state index contributed by atoms with van der Waals surface area (Å²) in [5, 5.41) is 18.7. The van der Waals surface area contributed by atoms with Crippen LogP contribution in [0.15, 0.2) is 66.7 Å². The smallest absolute Gasteiger partial charge is 0.337 e. The zero-order valence-electron chi connectivity index (χ0n) is 21.4. The lowest BCUT2D eigenvalue weighted by atomic mass is 9.76. The van der Waals surface area contributed by atoms with Crippen LogP contribution in [-0.2, 0) is 4.79 Å². The van der Waals surface area contributed by atoms with Crippen molar-refractivity contribution in [1.82, 2.24) is 4.90 Å². The van der Waals surface area contributed by atoms with Crippen LogP contribution in [0, 0.1) is 17.6 Å². The van der Waals surface area contributed by atoms with E-state index in [4.69, 9.17) is 14.6 Å². The van der Waals surface area contributed by atoms with E-state index in [1.54, 1.807) is 6.07 Å². The van der Waals surface area contributed by atoms with Crippen LogP contribution < -0.4 is 9.47 Å². The molecule has 1 atom stereocenters. The molecule has 1 aliphatic heterocycles. The maximum absolute atomic E-state index is 13.6. The van der Waals surface area contributed by atoms with Crippen molar-refractivity contribution < 1.29 is 33.3 Å². The molecule has 0 spiro atoms. The molecule has 0 amide bonds. The molecule has 38 heavy (non-hydrogen) atoms. The number of aliphatic carboxylic acids is 1. The molecule has 1 unspecified atom stereocenters. The highest BCUT2D eigenvalue weighted by Gasteiger charge is 2.29. The number of methoxy groups -OCH3 is 1. The third kappa shape index (κ3) is 6.88. The van der Waals surface area contributed by atoms with Gasteiger partial charge in [-0.1, -0.05) is 30.3 Å². The summed E-state index contributed by atoms with van der Waals surface area (Å²) in [6.45, 7) is 3.18. The summed E-state index contributed by atoms with van der Waals surface area (Å²) in [5.74, 6) is -0.555. The van der Waals surface area contributed by atoms with Crippen LogP contribution in [0.2, 0.25) is 0 Å². The van der Waals surface area contributed by atoms with Gasteiger partial charge in [0, 0.05) is 12.5 Å². The van der Waals surface area contributed by atoms with Crippen LogP contribution in [0.3, 0.4) is 0 Å². The highest BCUT2D eigenvalue weighted by molar-refractivity contribution is 5.74. The van der Waals surface area contributed by atoms with Crippen molar-refractivity contribution in [1.29, 1.82) is 0 Å². The number of carboxylic acids is 1. The first-order valence-electron chi connectivity index (χ1n) is 12.8. The summed E-state index contributed by atoms with van der Waals surface area (Å²) in [7, 11) is 1.47. The van der Waals surface area contributed by atoms with Crippen LogP contribution in [0.1, 0.15) is 48.0 Å². The van der Waals surface area contributed by atoms with Crippen molar-refractivity contribution in [2.24, 2.45) is 5.92 Å². The normalized spacial score (nSPS) is 15.4. The van der Waals surface area contributed by atoms with Gasteiger partial charge in [0.05, 0.1) is 13.7 Å². The largest absolute Gasteiger partial charge is 0.493 e. The molecular weight excluding hydrogens is 492 g/mol. The lowest BCUT2D eigenvalue weighted by molar-refractivity contribution is -0.146. The van der Waals surface area contributed by atoms with Gasteiger partial charge >= 0.3 is 5.97 Å². The number of piperidine rings is 1. The fourth-order valence-corrected chi connectivity index (χ4v) is 5.17. The van der Waals surface area contributed by atoms with Crippen molar-refractivity contribution in [3.05, 3.63) is 95.1 Å². The van der Waals surface area contributed by atoms with E-state index >= 15 is 0 Å². The maximum Gasteiger partial charge on any atom is 0.337 e. The first kappa shape index (κ1) is 27.5. The minimum atomic E-state index is -1.62. The van der Waals surface area contributed by atoms with E-state index in [-0.39, 0.29) is 23.1 Å². The molecule has 8 heteroatoms. The van der Waals surface area contributed by atoms with Gasteiger partial charge in [-0.3, -0.25) is 0 Å². The topological polar surface area (TPSA) is 79.2 Å². The molecule has 3 aromatic carbocycles. The second-order valence-corrected chi connectivity index (χ2v) is 9.61. The van der Waals surface area contributed by atoms with Crippen molar-refractivity contribution in [2.45, 2.75) is 31.3 Å². The average molecular weight is 526 g/mol. The third-order valence-electron chi connectivity index (χ3n) is 7.18. The molecule has 4 rings (SSSR count). The molecule has 202 valence electrons. The number of carbonyl (C=O) groups is 1. The second kappa shape index (κ2) is 12.8. The number of likely N-dealkylation sites (tertiary alicyclic amines) is 1. The predicted molar refractivity (Wildman–Crippen MR) is 140 cm³/mol. The minimum absolute atomic E-state index is 0.0803. The van der Waals surface area contributed by atoms with E-state index < -0.39 is 12.1 Å². The number of benzene rings is 3. The molecule has 0 aromatic heterocycles. The Morgan fingerprint density at radius 3 is 2.00 bits per heavy atom. The number of rotatable bonds is 11. The van der Waals surface area contributed by atoms with Crippen LogP contribution in [0.4, 0.5) is 8.78 Å². The van der Waals surface area contributed by atoms with Crippen LogP contribution in [-0.4, -0.2) is 54.4 Å². The van der Waals surface area contributed by atoms with Crippen molar-refractivity contribution in [2.75, 3.05) is 33.4 Å². The van der Waals surface area contributed by atoms with Crippen LogP contribution in [0.25, 0.3) is 0 Å². The summed E-state index contributed by atoms with van der Waals surface area (Å²) in [6.07, 6.45) is 1.13. The summed E-state index contributed by atoms with van der Waals surface area (Å²) in [4.78, 5) is 13.4. The molecule has 0 aliphatic carbocycles. The number of aliphatic hydroxyl groups excluding tert-OH is 1. The number of nitrogens with zero attached hydrogens (tertiary/aromatic N) is 1. The van der Waals surface area contributed by atoms with Gasteiger partial charge in [0.25, 0.3) is 0 Å². The standard InChI is InChI=1S/C30H33F2NO5/c1-37-27-19-23(29(34)30(35)36)7-12-26(27)38-18-2-15-33-16-13-22(14-17-33)28(20-3-8-24(31)9-4-20)21-5-10-25(32)11-6-21/h3-12,19,22,28-29,34H,2,13-18H2,1H3,(H,35,36). The summed E-state index contributed by atoms with van der Waals surface area (Å²) < 4.78 is 38.3. The number of carboxylic acid groups (broad SMARTS) is 1. The van der Waals surface area contributed by atoms with Crippen LogP contribution >= 0.6 is 0 Å². The fraction of sp³-hybridized carbons (Fsp3) is 0.367. The molecule has 3 aromatic rings. The molecule has 1 heterocycles. The molecule has 1 aliphatic rings. The Hall–Kier alpha value is -3.49. The average Bonchev–Trinajstić information content (AvgIpc) is 2.93. The first-order chi connectivity index (χ1) is 18.4. The van der Waals surface area contributed by atoms with Gasteiger partial charge < -0.3 is 24.6 Å². The second-order valence-electron chi connectivity index (χ2n) is 9.61. The van der Waals surface area contributed by atoms with Crippen molar-refractivity contribution >= 4 is 5.97 Å². The Kier molecular flexibility index (Phi) is 9.31. The molecule has 0 saturated carbocycles. The summed E-state index contributed by atoms with van der Waals surface area (Å²) in [5.41, 5.74) is 2.31. The lowest BCUT2D eigenvalue weighted by Gasteiger charge is -2.36. The molecule has 0 radical (unpaired) electrons. The van der Waals surface area contributed by atoms with Gasteiger partial charge in [0.1, 0.15) is 11.6 Å². The molecular formula is C30H33F2NO5. The zero-order valence-corrected chi connectivity index (χ0v) is 21.4. The number of halogens is 2. The Morgan fingerprint density at radius 2 is 1.47 bits per heavy atom. The van der Waals surface area contributed by atoms with E-state index in [9.17, 15) is 18.7 Å². The third-order valence-corrected chi connectivity index (χ3v) is 7.18. The molecule has 2 N–H and O–H groups in total. The predicted octanol–water partition coefficient (Wildman–Crippen LogP) is 5.40. The van der Waals surface area contributed by atoms with Gasteiger partial charge in [0.15, 0.2) is 17.6 Å². The Morgan fingerprint density at radius 1 is 0.921 bits per heavy atom. The fourth-order valence-electron chi connectivity index (χ4n) is 5.17. The minimum Gasteiger partial charge on any atom is -0.493 e. The number of hydrogen-bond donors (Lipinski definition) is 2. The highest BCUT2D eigenvalue weighted by Crippen LogP contribution is 2.38. The van der Waals surface area contributed by atoms with Crippen molar-refractivity contribution in [3.8, 4) is 11.5 Å². The number of aliphatic hydroxyl groups is 1. The van der Waals surface area contributed by atoms with Gasteiger partial charge in [0.2, 0.25) is 0 Å². The van der Waals surface area contributed by atoms with E-state index in [0.717, 1.165) is 50.0 Å². The lowest BCUT2D eigenvalue weighted by Crippen LogP contribution is -2.36. The van der Waals surface area contributed by atoms with E-state index in [1.165, 1.54) is 43.5 Å².